The zero-order valence-electron chi connectivity index (χ0n) is 11.6. The number of rotatable bonds is 4. The molecule has 104 valence electrons. The van der Waals surface area contributed by atoms with Crippen LogP contribution in [0.25, 0.3) is 0 Å². The molecule has 2 heterocycles. The van der Waals surface area contributed by atoms with E-state index in [9.17, 15) is 0 Å². The summed E-state index contributed by atoms with van der Waals surface area (Å²) in [4.78, 5) is 0. The fourth-order valence-electron chi connectivity index (χ4n) is 3.13. The highest BCUT2D eigenvalue weighted by Crippen LogP contribution is 2.46. The van der Waals surface area contributed by atoms with Gasteiger partial charge in [0.15, 0.2) is 11.5 Å². The predicted molar refractivity (Wildman–Crippen MR) is 72.6 cm³/mol. The van der Waals surface area contributed by atoms with Crippen molar-refractivity contribution >= 4 is 0 Å². The van der Waals surface area contributed by atoms with Gasteiger partial charge in [-0.25, -0.2) is 0 Å². The van der Waals surface area contributed by atoms with E-state index in [-0.39, 0.29) is 5.41 Å². The molecule has 1 saturated heterocycles. The van der Waals surface area contributed by atoms with Gasteiger partial charge in [-0.3, -0.25) is 0 Å². The van der Waals surface area contributed by atoms with Crippen LogP contribution in [0.2, 0.25) is 0 Å². The van der Waals surface area contributed by atoms with Crippen LogP contribution in [-0.4, -0.2) is 26.6 Å². The summed E-state index contributed by atoms with van der Waals surface area (Å²) < 4.78 is 16.5. The van der Waals surface area contributed by atoms with Crippen LogP contribution < -0.4 is 15.2 Å². The highest BCUT2D eigenvalue weighted by Gasteiger charge is 2.46. The molecular formula is C15H21NO3. The fourth-order valence-corrected chi connectivity index (χ4v) is 3.13. The second-order valence-electron chi connectivity index (χ2n) is 5.65. The van der Waals surface area contributed by atoms with E-state index < -0.39 is 0 Å². The zero-order chi connectivity index (χ0) is 13.5. The van der Waals surface area contributed by atoms with Gasteiger partial charge in [0.05, 0.1) is 13.2 Å². The molecule has 0 saturated carbocycles. The maximum atomic E-state index is 5.73. The highest BCUT2D eigenvalue weighted by molar-refractivity contribution is 5.51. The van der Waals surface area contributed by atoms with E-state index in [4.69, 9.17) is 19.9 Å². The van der Waals surface area contributed by atoms with Crippen LogP contribution in [-0.2, 0) is 10.2 Å². The first-order valence-electron chi connectivity index (χ1n) is 6.86. The van der Waals surface area contributed by atoms with Crippen molar-refractivity contribution in [2.75, 3.05) is 26.6 Å². The minimum Gasteiger partial charge on any atom is -0.454 e. The third-order valence-corrected chi connectivity index (χ3v) is 4.52. The molecule has 0 amide bonds. The number of nitrogens with two attached hydrogens (primary N) is 1. The fraction of sp³-hybridized carbons (Fsp3) is 0.600. The molecule has 1 aromatic rings. The van der Waals surface area contributed by atoms with E-state index in [2.05, 4.69) is 26.0 Å². The second-order valence-corrected chi connectivity index (χ2v) is 5.65. The monoisotopic (exact) mass is 263 g/mol. The third-order valence-electron chi connectivity index (χ3n) is 4.52. The Morgan fingerprint density at radius 1 is 1.26 bits per heavy atom. The topological polar surface area (TPSA) is 53.7 Å². The maximum absolute atomic E-state index is 5.73. The van der Waals surface area contributed by atoms with Crippen molar-refractivity contribution in [1.82, 2.24) is 0 Å². The SMILES string of the molecule is Cc1cc2c(cc1C1(C(C)CCN)COC1)OCO2. The molecule has 0 spiro atoms. The van der Waals surface area contributed by atoms with E-state index in [0.717, 1.165) is 31.1 Å². The summed E-state index contributed by atoms with van der Waals surface area (Å²) in [5, 5.41) is 0. The smallest absolute Gasteiger partial charge is 0.231 e. The number of aryl methyl sites for hydroxylation is 1. The molecule has 2 aliphatic rings. The molecule has 1 unspecified atom stereocenters. The van der Waals surface area contributed by atoms with Gasteiger partial charge in [0.25, 0.3) is 0 Å². The Morgan fingerprint density at radius 2 is 1.95 bits per heavy atom. The van der Waals surface area contributed by atoms with E-state index in [1.807, 2.05) is 0 Å². The molecule has 4 nitrogen and oxygen atoms in total. The lowest BCUT2D eigenvalue weighted by atomic mass is 9.67. The molecule has 1 atom stereocenters. The Morgan fingerprint density at radius 3 is 2.53 bits per heavy atom. The summed E-state index contributed by atoms with van der Waals surface area (Å²) in [5.74, 6) is 2.21. The van der Waals surface area contributed by atoms with Gasteiger partial charge in [0, 0.05) is 5.41 Å². The van der Waals surface area contributed by atoms with Crippen molar-refractivity contribution in [2.45, 2.75) is 25.7 Å². The third kappa shape index (κ3) is 1.90. The summed E-state index contributed by atoms with van der Waals surface area (Å²) in [6.07, 6.45) is 1.01. The number of fused-ring (bicyclic) bond motifs is 1. The lowest BCUT2D eigenvalue weighted by molar-refractivity contribution is -0.0886. The molecule has 0 bridgehead atoms. The molecular weight excluding hydrogens is 242 g/mol. The van der Waals surface area contributed by atoms with Crippen LogP contribution in [0.5, 0.6) is 11.5 Å². The van der Waals surface area contributed by atoms with Crippen LogP contribution in [0.3, 0.4) is 0 Å². The number of benzene rings is 1. The molecule has 2 N–H and O–H groups in total. The largest absolute Gasteiger partial charge is 0.454 e. The summed E-state index contributed by atoms with van der Waals surface area (Å²) in [5.41, 5.74) is 8.38. The van der Waals surface area contributed by atoms with Crippen molar-refractivity contribution in [3.63, 3.8) is 0 Å². The minimum absolute atomic E-state index is 0.0877. The first-order valence-corrected chi connectivity index (χ1v) is 6.86. The highest BCUT2D eigenvalue weighted by atomic mass is 16.7. The molecule has 4 heteroatoms. The second kappa shape index (κ2) is 4.69. The van der Waals surface area contributed by atoms with Crippen LogP contribution in [0.4, 0.5) is 0 Å². The lowest BCUT2D eigenvalue weighted by Crippen LogP contribution is -2.52. The molecule has 1 aromatic carbocycles. The summed E-state index contributed by atoms with van der Waals surface area (Å²) >= 11 is 0. The molecule has 19 heavy (non-hydrogen) atoms. The van der Waals surface area contributed by atoms with Crippen molar-refractivity contribution in [3.8, 4) is 11.5 Å². The Hall–Kier alpha value is -1.26. The molecule has 0 aliphatic carbocycles. The summed E-state index contributed by atoms with van der Waals surface area (Å²) in [6.45, 7) is 6.97. The average Bonchev–Trinajstić information content (AvgIpc) is 2.75. The molecule has 0 radical (unpaired) electrons. The van der Waals surface area contributed by atoms with E-state index >= 15 is 0 Å². The summed E-state index contributed by atoms with van der Waals surface area (Å²) in [7, 11) is 0. The van der Waals surface area contributed by atoms with Crippen LogP contribution in [0, 0.1) is 12.8 Å². The lowest BCUT2D eigenvalue weighted by Gasteiger charge is -2.47. The van der Waals surface area contributed by atoms with Crippen LogP contribution >= 0.6 is 0 Å². The van der Waals surface area contributed by atoms with Crippen molar-refractivity contribution in [1.29, 1.82) is 0 Å². The van der Waals surface area contributed by atoms with Gasteiger partial charge in [-0.15, -0.1) is 0 Å². The van der Waals surface area contributed by atoms with Crippen molar-refractivity contribution in [3.05, 3.63) is 23.3 Å². The Labute approximate surface area is 113 Å². The average molecular weight is 263 g/mol. The van der Waals surface area contributed by atoms with Crippen LogP contribution in [0.15, 0.2) is 12.1 Å². The first-order chi connectivity index (χ1) is 9.17. The summed E-state index contributed by atoms with van der Waals surface area (Å²) in [6, 6.07) is 4.21. The Balaban J connectivity index is 2.00. The van der Waals surface area contributed by atoms with E-state index in [1.165, 1.54) is 11.1 Å². The van der Waals surface area contributed by atoms with Gasteiger partial charge in [-0.2, -0.15) is 0 Å². The van der Waals surface area contributed by atoms with Crippen LogP contribution in [0.1, 0.15) is 24.5 Å². The molecule has 2 aliphatic heterocycles. The van der Waals surface area contributed by atoms with Crippen molar-refractivity contribution < 1.29 is 14.2 Å². The normalized spacial score (nSPS) is 21.0. The Kier molecular flexibility index (Phi) is 3.15. The first kappa shape index (κ1) is 12.8. The minimum atomic E-state index is 0.0877. The van der Waals surface area contributed by atoms with E-state index in [0.29, 0.717) is 19.3 Å². The quantitative estimate of drug-likeness (QED) is 0.902. The predicted octanol–water partition coefficient (Wildman–Crippen LogP) is 1.98. The van der Waals surface area contributed by atoms with Gasteiger partial charge in [0.2, 0.25) is 6.79 Å². The Bertz CT molecular complexity index is 483. The van der Waals surface area contributed by atoms with Gasteiger partial charge in [-0.1, -0.05) is 6.92 Å². The van der Waals surface area contributed by atoms with Gasteiger partial charge >= 0.3 is 0 Å². The maximum Gasteiger partial charge on any atom is 0.231 e. The van der Waals surface area contributed by atoms with Gasteiger partial charge in [-0.05, 0) is 49.1 Å². The van der Waals surface area contributed by atoms with Gasteiger partial charge in [0.1, 0.15) is 0 Å². The van der Waals surface area contributed by atoms with E-state index in [1.54, 1.807) is 0 Å². The van der Waals surface area contributed by atoms with Crippen molar-refractivity contribution in [2.24, 2.45) is 11.7 Å². The number of hydrogen-bond donors (Lipinski definition) is 1. The molecule has 1 fully saturated rings. The van der Waals surface area contributed by atoms with Gasteiger partial charge < -0.3 is 19.9 Å². The zero-order valence-corrected chi connectivity index (χ0v) is 11.6. The molecule has 0 aromatic heterocycles. The number of ether oxygens (including phenoxy) is 3. The molecule has 3 rings (SSSR count). The number of hydrogen-bond acceptors (Lipinski definition) is 4. The standard InChI is InChI=1S/C15H21NO3/c1-10-5-13-14(19-9-18-13)6-12(10)15(7-17-8-15)11(2)3-4-16/h5-6,11H,3-4,7-9,16H2,1-2H3.